The van der Waals surface area contributed by atoms with E-state index in [1.165, 1.54) is 0 Å². The summed E-state index contributed by atoms with van der Waals surface area (Å²) in [6.45, 7) is 3.72. The number of amides is 1. The molecule has 0 aromatic heterocycles. The Kier molecular flexibility index (Phi) is 6.30. The normalized spacial score (nSPS) is 16.0. The maximum Gasteiger partial charge on any atom is 0.255 e. The Morgan fingerprint density at radius 1 is 1.17 bits per heavy atom. The molecule has 0 spiro atoms. The molecule has 2 aromatic rings. The molecule has 0 fully saturated rings. The maximum absolute atomic E-state index is 13.3. The maximum atomic E-state index is 13.3. The zero-order valence-corrected chi connectivity index (χ0v) is 18.1. The molecule has 6 nitrogen and oxygen atoms in total. The van der Waals surface area contributed by atoms with Crippen molar-refractivity contribution < 1.29 is 14.3 Å². The number of carbonyl (C=O) groups excluding carboxylic acids is 1. The molecule has 1 aliphatic heterocycles. The number of para-hydroxylation sites is 1. The van der Waals surface area contributed by atoms with Gasteiger partial charge in [0, 0.05) is 22.0 Å². The van der Waals surface area contributed by atoms with Crippen molar-refractivity contribution in [2.45, 2.75) is 19.9 Å². The number of hydrogen-bond acceptors (Lipinski definition) is 4. The molecular formula is C21H22ClN3O3S. The smallest absolute Gasteiger partial charge is 0.255 e. The van der Waals surface area contributed by atoms with Crippen LogP contribution in [-0.2, 0) is 4.79 Å². The monoisotopic (exact) mass is 431 g/mol. The lowest BCUT2D eigenvalue weighted by Crippen LogP contribution is -2.45. The largest absolute Gasteiger partial charge is 0.493 e. The summed E-state index contributed by atoms with van der Waals surface area (Å²) < 4.78 is 11.0. The second-order valence-electron chi connectivity index (χ2n) is 6.57. The summed E-state index contributed by atoms with van der Waals surface area (Å²) in [7, 11) is 3.13. The number of aryl methyl sites for hydroxylation is 1. The molecule has 152 valence electrons. The van der Waals surface area contributed by atoms with E-state index in [2.05, 4.69) is 16.0 Å². The number of anilines is 1. The lowest BCUT2D eigenvalue weighted by Gasteiger charge is -2.31. The van der Waals surface area contributed by atoms with Gasteiger partial charge in [-0.2, -0.15) is 0 Å². The quantitative estimate of drug-likeness (QED) is 0.619. The minimum Gasteiger partial charge on any atom is -0.493 e. The van der Waals surface area contributed by atoms with E-state index in [9.17, 15) is 4.79 Å². The second kappa shape index (κ2) is 8.71. The Morgan fingerprint density at radius 2 is 1.93 bits per heavy atom. The second-order valence-corrected chi connectivity index (χ2v) is 7.41. The number of halogens is 1. The first kappa shape index (κ1) is 21.0. The van der Waals surface area contributed by atoms with Crippen molar-refractivity contribution in [2.24, 2.45) is 0 Å². The molecule has 3 N–H and O–H groups in total. The topological polar surface area (TPSA) is 71.6 Å². The highest BCUT2D eigenvalue weighted by atomic mass is 35.5. The number of hydrogen-bond donors (Lipinski definition) is 3. The van der Waals surface area contributed by atoms with Crippen LogP contribution in [0.2, 0.25) is 5.02 Å². The summed E-state index contributed by atoms with van der Waals surface area (Å²) in [5.41, 5.74) is 3.43. The van der Waals surface area contributed by atoms with Gasteiger partial charge in [0.15, 0.2) is 16.6 Å². The van der Waals surface area contributed by atoms with Crippen LogP contribution in [0.25, 0.3) is 0 Å². The van der Waals surface area contributed by atoms with Crippen LogP contribution in [0.15, 0.2) is 47.7 Å². The van der Waals surface area contributed by atoms with Crippen LogP contribution in [-0.4, -0.2) is 25.2 Å². The highest BCUT2D eigenvalue weighted by Crippen LogP contribution is 2.39. The molecule has 8 heteroatoms. The van der Waals surface area contributed by atoms with Gasteiger partial charge in [0.2, 0.25) is 0 Å². The van der Waals surface area contributed by atoms with Gasteiger partial charge in [-0.15, -0.1) is 0 Å². The number of methoxy groups -OCH3 is 2. The van der Waals surface area contributed by atoms with E-state index >= 15 is 0 Å². The van der Waals surface area contributed by atoms with E-state index in [1.807, 2.05) is 32.0 Å². The zero-order valence-electron chi connectivity index (χ0n) is 16.6. The number of benzene rings is 2. The third-order valence-corrected chi connectivity index (χ3v) is 5.16. The van der Waals surface area contributed by atoms with Crippen LogP contribution < -0.4 is 25.4 Å². The van der Waals surface area contributed by atoms with Crippen LogP contribution in [0.4, 0.5) is 5.69 Å². The Bertz CT molecular complexity index is 1010. The Balaban J connectivity index is 2.05. The van der Waals surface area contributed by atoms with Gasteiger partial charge in [-0.05, 0) is 49.8 Å². The summed E-state index contributed by atoms with van der Waals surface area (Å²) in [6.07, 6.45) is 0. The average Bonchev–Trinajstić information content (AvgIpc) is 2.69. The van der Waals surface area contributed by atoms with Crippen LogP contribution in [0.1, 0.15) is 24.1 Å². The SMILES string of the molecule is COc1cccc(C2NC(=S)NC(C)=C2C(=O)Nc2cc(Cl)ccc2C)c1OC. The summed E-state index contributed by atoms with van der Waals surface area (Å²) in [6, 6.07) is 10.4. The van der Waals surface area contributed by atoms with Gasteiger partial charge in [0.1, 0.15) is 0 Å². The first-order valence-corrected chi connectivity index (χ1v) is 9.71. The lowest BCUT2D eigenvalue weighted by atomic mass is 9.93. The molecule has 1 heterocycles. The van der Waals surface area contributed by atoms with Crippen molar-refractivity contribution in [1.82, 2.24) is 10.6 Å². The molecule has 1 unspecified atom stereocenters. The van der Waals surface area contributed by atoms with E-state index in [0.29, 0.717) is 38.6 Å². The Labute approximate surface area is 180 Å². The van der Waals surface area contributed by atoms with Gasteiger partial charge in [-0.1, -0.05) is 29.8 Å². The third kappa shape index (κ3) is 4.31. The average molecular weight is 432 g/mol. The van der Waals surface area contributed by atoms with Crippen LogP contribution in [0, 0.1) is 6.92 Å². The fourth-order valence-electron chi connectivity index (χ4n) is 3.29. The highest BCUT2D eigenvalue weighted by molar-refractivity contribution is 7.80. The van der Waals surface area contributed by atoms with Crippen molar-refractivity contribution in [3.05, 3.63) is 63.8 Å². The molecular weight excluding hydrogens is 410 g/mol. The zero-order chi connectivity index (χ0) is 21.1. The molecule has 2 aromatic carbocycles. The fraction of sp³-hybridized carbons (Fsp3) is 0.238. The van der Waals surface area contributed by atoms with Crippen molar-refractivity contribution in [1.29, 1.82) is 0 Å². The van der Waals surface area contributed by atoms with Crippen molar-refractivity contribution in [3.63, 3.8) is 0 Å². The predicted molar refractivity (Wildman–Crippen MR) is 119 cm³/mol. The lowest BCUT2D eigenvalue weighted by molar-refractivity contribution is -0.113. The van der Waals surface area contributed by atoms with Crippen molar-refractivity contribution >= 4 is 40.5 Å². The fourth-order valence-corrected chi connectivity index (χ4v) is 3.73. The number of allylic oxidation sites excluding steroid dienone is 1. The highest BCUT2D eigenvalue weighted by Gasteiger charge is 2.32. The minimum atomic E-state index is -0.520. The van der Waals surface area contributed by atoms with Gasteiger partial charge < -0.3 is 25.4 Å². The van der Waals surface area contributed by atoms with Crippen molar-refractivity contribution in [3.8, 4) is 11.5 Å². The number of ether oxygens (including phenoxy) is 2. The Morgan fingerprint density at radius 3 is 2.62 bits per heavy atom. The molecule has 0 saturated heterocycles. The predicted octanol–water partition coefficient (Wildman–Crippen LogP) is 4.10. The van der Waals surface area contributed by atoms with Crippen LogP contribution in [0.5, 0.6) is 11.5 Å². The first-order chi connectivity index (χ1) is 13.8. The van der Waals surface area contributed by atoms with Crippen LogP contribution >= 0.6 is 23.8 Å². The molecule has 0 saturated carbocycles. The van der Waals surface area contributed by atoms with Gasteiger partial charge in [-0.25, -0.2) is 0 Å². The molecule has 0 radical (unpaired) electrons. The van der Waals surface area contributed by atoms with E-state index < -0.39 is 6.04 Å². The van der Waals surface area contributed by atoms with E-state index in [1.54, 1.807) is 32.4 Å². The molecule has 1 atom stereocenters. The number of carbonyl (C=O) groups is 1. The molecule has 0 aliphatic carbocycles. The van der Waals surface area contributed by atoms with Crippen LogP contribution in [0.3, 0.4) is 0 Å². The Hall–Kier alpha value is -2.77. The van der Waals surface area contributed by atoms with Gasteiger partial charge in [-0.3, -0.25) is 4.79 Å². The van der Waals surface area contributed by atoms with Crippen molar-refractivity contribution in [2.75, 3.05) is 19.5 Å². The van der Waals surface area contributed by atoms with E-state index in [0.717, 1.165) is 11.1 Å². The number of rotatable bonds is 5. The van der Waals surface area contributed by atoms with Gasteiger partial charge in [0.05, 0.1) is 25.8 Å². The standard InChI is InChI=1S/C21H22ClN3O3S/c1-11-8-9-13(22)10-15(11)24-20(26)17-12(2)23-21(29)25-18(17)14-6-5-7-16(27-3)19(14)28-4/h5-10,18H,1-4H3,(H,24,26)(H2,23,25,29). The van der Waals surface area contributed by atoms with Gasteiger partial charge in [0.25, 0.3) is 5.91 Å². The van der Waals surface area contributed by atoms with Gasteiger partial charge >= 0.3 is 0 Å². The summed E-state index contributed by atoms with van der Waals surface area (Å²) in [5, 5.41) is 10.1. The third-order valence-electron chi connectivity index (χ3n) is 4.71. The number of thiocarbonyl (C=S) groups is 1. The molecule has 0 bridgehead atoms. The summed E-state index contributed by atoms with van der Waals surface area (Å²) in [5.74, 6) is 0.832. The molecule has 3 rings (SSSR count). The molecule has 1 aliphatic rings. The molecule has 1 amide bonds. The first-order valence-electron chi connectivity index (χ1n) is 8.92. The summed E-state index contributed by atoms with van der Waals surface area (Å²) >= 11 is 11.4. The minimum absolute atomic E-state index is 0.273. The van der Waals surface area contributed by atoms with E-state index in [4.69, 9.17) is 33.3 Å². The number of nitrogens with one attached hydrogen (secondary N) is 3. The van der Waals surface area contributed by atoms with E-state index in [-0.39, 0.29) is 5.91 Å². The molecule has 29 heavy (non-hydrogen) atoms. The summed E-state index contributed by atoms with van der Waals surface area (Å²) in [4.78, 5) is 13.3.